The number of hydrogen-bond acceptors (Lipinski definition) is 5. The van der Waals surface area contributed by atoms with Gasteiger partial charge in [0, 0.05) is 11.4 Å². The first kappa shape index (κ1) is 24.5. The molecule has 0 saturated heterocycles. The van der Waals surface area contributed by atoms with Crippen molar-refractivity contribution in [3.05, 3.63) is 58.7 Å². The number of hydrogen-bond donors (Lipinski definition) is 4. The Balaban J connectivity index is 1.56. The lowest BCUT2D eigenvalue weighted by molar-refractivity contribution is 0.0574. The maximum atomic E-state index is 11.9. The van der Waals surface area contributed by atoms with E-state index in [9.17, 15) is 14.4 Å². The van der Waals surface area contributed by atoms with E-state index in [-0.39, 0.29) is 26.3 Å². The van der Waals surface area contributed by atoms with Crippen molar-refractivity contribution in [1.82, 2.24) is 10.6 Å². The van der Waals surface area contributed by atoms with E-state index in [1.54, 1.807) is 0 Å². The first-order valence-electron chi connectivity index (χ1n) is 10.3. The van der Waals surface area contributed by atoms with Crippen molar-refractivity contribution in [2.75, 3.05) is 36.9 Å². The van der Waals surface area contributed by atoms with Gasteiger partial charge in [-0.1, -0.05) is 24.3 Å². The molecule has 172 valence electrons. The van der Waals surface area contributed by atoms with Crippen LogP contribution in [-0.4, -0.2) is 44.5 Å². The summed E-state index contributed by atoms with van der Waals surface area (Å²) in [7, 11) is 0. The van der Waals surface area contributed by atoms with Crippen LogP contribution >= 0.6 is 0 Å². The molecule has 0 aliphatic rings. The van der Waals surface area contributed by atoms with Crippen molar-refractivity contribution in [2.24, 2.45) is 0 Å². The summed E-state index contributed by atoms with van der Waals surface area (Å²) in [5, 5.41) is 10.7. The summed E-state index contributed by atoms with van der Waals surface area (Å²) in [5.74, 6) is 0. The standard InChI is InChI=1S/C23H30N4O5/c1-15-7-5-9-19(17(15)3)26-21(28)24-11-13-31-23(30)32-14-12-25-22(29)27-20-10-6-8-16(2)18(20)4/h5-10H,11-14H2,1-4H3,(H2,24,26,28)(H2,25,27,29). The summed E-state index contributed by atoms with van der Waals surface area (Å²) in [6, 6.07) is 10.5. The van der Waals surface area contributed by atoms with Crippen molar-refractivity contribution >= 4 is 29.6 Å². The zero-order chi connectivity index (χ0) is 23.5. The minimum absolute atomic E-state index is 0.0421. The predicted octanol–water partition coefficient (Wildman–Crippen LogP) is 4.02. The van der Waals surface area contributed by atoms with E-state index in [1.165, 1.54) is 0 Å². The third-order valence-electron chi connectivity index (χ3n) is 4.92. The molecule has 4 amide bonds. The van der Waals surface area contributed by atoms with Gasteiger partial charge in [0.25, 0.3) is 0 Å². The van der Waals surface area contributed by atoms with Crippen LogP contribution in [0.15, 0.2) is 36.4 Å². The minimum Gasteiger partial charge on any atom is -0.432 e. The van der Waals surface area contributed by atoms with Gasteiger partial charge in [-0.05, 0) is 62.1 Å². The fourth-order valence-electron chi connectivity index (χ4n) is 2.75. The Morgan fingerprint density at radius 2 is 1.09 bits per heavy atom. The molecular weight excluding hydrogens is 412 g/mol. The van der Waals surface area contributed by atoms with E-state index in [4.69, 9.17) is 9.47 Å². The largest absolute Gasteiger partial charge is 0.508 e. The van der Waals surface area contributed by atoms with Crippen LogP contribution in [0.4, 0.5) is 25.8 Å². The fraction of sp³-hybridized carbons (Fsp3) is 0.348. The van der Waals surface area contributed by atoms with E-state index in [2.05, 4.69) is 21.3 Å². The third-order valence-corrected chi connectivity index (χ3v) is 4.92. The average Bonchev–Trinajstić information content (AvgIpc) is 2.75. The van der Waals surface area contributed by atoms with E-state index in [1.807, 2.05) is 64.1 Å². The Morgan fingerprint density at radius 3 is 1.50 bits per heavy atom. The molecule has 0 saturated carbocycles. The van der Waals surface area contributed by atoms with Gasteiger partial charge in [0.15, 0.2) is 0 Å². The Labute approximate surface area is 187 Å². The normalized spacial score (nSPS) is 10.1. The van der Waals surface area contributed by atoms with Gasteiger partial charge in [-0.3, -0.25) is 0 Å². The second kappa shape index (κ2) is 12.2. The van der Waals surface area contributed by atoms with Gasteiger partial charge in [-0.15, -0.1) is 0 Å². The summed E-state index contributed by atoms with van der Waals surface area (Å²) in [6.07, 6.45) is -0.876. The molecule has 0 unspecified atom stereocenters. The van der Waals surface area contributed by atoms with Gasteiger partial charge in [-0.2, -0.15) is 0 Å². The molecule has 0 atom stereocenters. The monoisotopic (exact) mass is 442 g/mol. The maximum absolute atomic E-state index is 11.9. The van der Waals surface area contributed by atoms with Gasteiger partial charge < -0.3 is 30.7 Å². The molecular formula is C23H30N4O5. The summed E-state index contributed by atoms with van der Waals surface area (Å²) in [4.78, 5) is 35.4. The van der Waals surface area contributed by atoms with Crippen molar-refractivity contribution in [3.8, 4) is 0 Å². The number of carbonyl (C=O) groups excluding carboxylic acids is 3. The molecule has 9 nitrogen and oxygen atoms in total. The lowest BCUT2D eigenvalue weighted by Gasteiger charge is -2.12. The number of ether oxygens (including phenoxy) is 2. The van der Waals surface area contributed by atoms with Gasteiger partial charge in [0.1, 0.15) is 13.2 Å². The Morgan fingerprint density at radius 1 is 0.688 bits per heavy atom. The highest BCUT2D eigenvalue weighted by Gasteiger charge is 2.08. The predicted molar refractivity (Wildman–Crippen MR) is 123 cm³/mol. The molecule has 2 rings (SSSR count). The minimum atomic E-state index is -0.876. The molecule has 0 spiro atoms. The number of anilines is 2. The van der Waals surface area contributed by atoms with Crippen LogP contribution in [0.5, 0.6) is 0 Å². The zero-order valence-electron chi connectivity index (χ0n) is 18.8. The van der Waals surface area contributed by atoms with Gasteiger partial charge >= 0.3 is 18.2 Å². The van der Waals surface area contributed by atoms with Crippen molar-refractivity contribution in [1.29, 1.82) is 0 Å². The molecule has 0 aromatic heterocycles. The maximum Gasteiger partial charge on any atom is 0.508 e. The van der Waals surface area contributed by atoms with Gasteiger partial charge in [-0.25, -0.2) is 14.4 Å². The van der Waals surface area contributed by atoms with Crippen LogP contribution in [0.25, 0.3) is 0 Å². The number of urea groups is 2. The first-order valence-corrected chi connectivity index (χ1v) is 10.3. The highest BCUT2D eigenvalue weighted by molar-refractivity contribution is 5.90. The average molecular weight is 443 g/mol. The number of rotatable bonds is 8. The smallest absolute Gasteiger partial charge is 0.432 e. The van der Waals surface area contributed by atoms with Gasteiger partial charge in [0.05, 0.1) is 13.1 Å². The fourth-order valence-corrected chi connectivity index (χ4v) is 2.75. The zero-order valence-corrected chi connectivity index (χ0v) is 18.8. The molecule has 4 N–H and O–H groups in total. The molecule has 0 fully saturated rings. The van der Waals surface area contributed by atoms with E-state index < -0.39 is 18.2 Å². The van der Waals surface area contributed by atoms with Crippen LogP contribution in [0.3, 0.4) is 0 Å². The molecule has 9 heteroatoms. The second-order valence-corrected chi connectivity index (χ2v) is 7.20. The lowest BCUT2D eigenvalue weighted by atomic mass is 10.1. The number of amides is 4. The number of aryl methyl sites for hydroxylation is 2. The Hall–Kier alpha value is -3.75. The third kappa shape index (κ3) is 7.82. The van der Waals surface area contributed by atoms with Crippen LogP contribution in [-0.2, 0) is 9.47 Å². The Bertz CT molecular complexity index is 886. The molecule has 2 aromatic rings. The number of benzene rings is 2. The summed E-state index contributed by atoms with van der Waals surface area (Å²) in [5.41, 5.74) is 5.56. The second-order valence-electron chi connectivity index (χ2n) is 7.20. The van der Waals surface area contributed by atoms with Crippen LogP contribution in [0.1, 0.15) is 22.3 Å². The van der Waals surface area contributed by atoms with Crippen LogP contribution in [0.2, 0.25) is 0 Å². The SMILES string of the molecule is Cc1cccc(NC(=O)NCCOC(=O)OCCNC(=O)Nc2cccc(C)c2C)c1C. The van der Waals surface area contributed by atoms with E-state index in [0.717, 1.165) is 33.6 Å². The Kier molecular flexibility index (Phi) is 9.34. The van der Waals surface area contributed by atoms with E-state index >= 15 is 0 Å². The molecule has 32 heavy (non-hydrogen) atoms. The van der Waals surface area contributed by atoms with E-state index in [0.29, 0.717) is 0 Å². The lowest BCUT2D eigenvalue weighted by Crippen LogP contribution is -2.33. The number of carbonyl (C=O) groups is 3. The highest BCUT2D eigenvalue weighted by atomic mass is 16.7. The molecule has 0 aliphatic carbocycles. The molecule has 0 heterocycles. The molecule has 0 bridgehead atoms. The van der Waals surface area contributed by atoms with Crippen LogP contribution in [0, 0.1) is 27.7 Å². The first-order chi connectivity index (χ1) is 15.3. The van der Waals surface area contributed by atoms with Crippen molar-refractivity contribution in [2.45, 2.75) is 27.7 Å². The number of nitrogens with one attached hydrogen (secondary N) is 4. The van der Waals surface area contributed by atoms with Crippen molar-refractivity contribution in [3.63, 3.8) is 0 Å². The summed E-state index contributed by atoms with van der Waals surface area (Å²) >= 11 is 0. The quantitative estimate of drug-likeness (QED) is 0.364. The van der Waals surface area contributed by atoms with Crippen LogP contribution < -0.4 is 21.3 Å². The summed E-state index contributed by atoms with van der Waals surface area (Å²) in [6.45, 7) is 7.94. The van der Waals surface area contributed by atoms with Crippen molar-refractivity contribution < 1.29 is 23.9 Å². The van der Waals surface area contributed by atoms with Gasteiger partial charge in [0.2, 0.25) is 0 Å². The molecule has 0 radical (unpaired) electrons. The molecule has 2 aromatic carbocycles. The molecule has 0 aliphatic heterocycles. The highest BCUT2D eigenvalue weighted by Crippen LogP contribution is 2.18. The summed E-state index contributed by atoms with van der Waals surface area (Å²) < 4.78 is 9.77. The topological polar surface area (TPSA) is 118 Å².